The molecule has 4 bridgehead atoms. The van der Waals surface area contributed by atoms with Crippen LogP contribution in [0.15, 0.2) is 36.0 Å². The van der Waals surface area contributed by atoms with Crippen molar-refractivity contribution in [3.05, 3.63) is 41.7 Å². The molecule has 2 aliphatic heterocycles. The van der Waals surface area contributed by atoms with Crippen molar-refractivity contribution >= 4 is 22.6 Å². The predicted octanol–water partition coefficient (Wildman–Crippen LogP) is 2.22. The number of aromatic amines is 1. The second kappa shape index (κ2) is 7.03. The van der Waals surface area contributed by atoms with Gasteiger partial charge in [-0.25, -0.2) is 4.79 Å². The fraction of sp³-hybridized carbons (Fsp3) is 0.316. The minimum absolute atomic E-state index is 0.0755. The van der Waals surface area contributed by atoms with Gasteiger partial charge in [-0.15, -0.1) is 0 Å². The first kappa shape index (κ1) is 17.0. The van der Waals surface area contributed by atoms with E-state index >= 15 is 0 Å². The quantitative estimate of drug-likeness (QED) is 0.660. The monoisotopic (exact) mass is 365 g/mol. The number of rotatable bonds is 0. The van der Waals surface area contributed by atoms with Crippen molar-refractivity contribution in [2.45, 2.75) is 25.5 Å². The van der Waals surface area contributed by atoms with Gasteiger partial charge in [-0.3, -0.25) is 5.10 Å². The molecule has 1 amide bonds. The minimum atomic E-state index is -0.496. The number of ether oxygens (including phenoxy) is 2. The molecule has 0 spiro atoms. The summed E-state index contributed by atoms with van der Waals surface area (Å²) in [7, 11) is 0. The van der Waals surface area contributed by atoms with Crippen LogP contribution in [0.3, 0.4) is 0 Å². The van der Waals surface area contributed by atoms with Gasteiger partial charge in [-0.1, -0.05) is 0 Å². The number of allylic oxidation sites excluding steroid dienone is 3. The summed E-state index contributed by atoms with van der Waals surface area (Å²) < 4.78 is 11.2. The van der Waals surface area contributed by atoms with E-state index < -0.39 is 6.09 Å². The zero-order valence-electron chi connectivity index (χ0n) is 14.8. The lowest BCUT2D eigenvalue weighted by molar-refractivity contribution is 0.138. The molecule has 2 aromatic rings. The van der Waals surface area contributed by atoms with Gasteiger partial charge < -0.3 is 20.1 Å². The van der Waals surface area contributed by atoms with Crippen molar-refractivity contribution in [2.75, 3.05) is 13.2 Å². The highest BCUT2D eigenvalue weighted by Gasteiger charge is 2.20. The summed E-state index contributed by atoms with van der Waals surface area (Å²) in [4.78, 5) is 11.9. The van der Waals surface area contributed by atoms with E-state index in [0.717, 1.165) is 27.9 Å². The Morgan fingerprint density at radius 3 is 3.11 bits per heavy atom. The average molecular weight is 365 g/mol. The van der Waals surface area contributed by atoms with E-state index in [1.54, 1.807) is 6.08 Å². The molecule has 138 valence electrons. The number of carbonyl (C=O) groups is 1. The number of cyclic esters (lactones) is 1. The highest BCUT2D eigenvalue weighted by atomic mass is 16.5. The Labute approximate surface area is 155 Å². The number of dihydropyridines is 1. The van der Waals surface area contributed by atoms with Gasteiger partial charge in [-0.2, -0.15) is 10.4 Å². The van der Waals surface area contributed by atoms with Crippen LogP contribution in [0.1, 0.15) is 19.0 Å². The van der Waals surface area contributed by atoms with Crippen molar-refractivity contribution < 1.29 is 14.3 Å². The minimum Gasteiger partial charge on any atom is -0.491 e. The number of hydrogen-bond acceptors (Lipinski definition) is 6. The molecule has 0 aliphatic carbocycles. The highest BCUT2D eigenvalue weighted by Crippen LogP contribution is 2.30. The fourth-order valence-electron chi connectivity index (χ4n) is 3.18. The van der Waals surface area contributed by atoms with Gasteiger partial charge in [0.25, 0.3) is 0 Å². The van der Waals surface area contributed by atoms with Crippen LogP contribution in [-0.2, 0) is 4.74 Å². The second-order valence-corrected chi connectivity index (χ2v) is 6.56. The first-order chi connectivity index (χ1) is 13.1. The number of nitriles is 1. The number of hydrogen-bond donors (Lipinski definition) is 3. The summed E-state index contributed by atoms with van der Waals surface area (Å²) in [6.45, 7) is 2.50. The summed E-state index contributed by atoms with van der Waals surface area (Å²) in [5.74, 6) is 0.727. The van der Waals surface area contributed by atoms with E-state index in [1.165, 1.54) is 0 Å². The number of aromatic nitrogens is 2. The normalized spacial score (nSPS) is 22.7. The van der Waals surface area contributed by atoms with E-state index in [0.29, 0.717) is 18.7 Å². The van der Waals surface area contributed by atoms with Gasteiger partial charge in [0.15, 0.2) is 0 Å². The number of nitrogens with zero attached hydrogens (tertiary/aromatic N) is 2. The number of nitrogens with one attached hydrogen (secondary N) is 3. The lowest BCUT2D eigenvalue weighted by Gasteiger charge is -2.21. The molecule has 8 nitrogen and oxygen atoms in total. The fourth-order valence-corrected chi connectivity index (χ4v) is 3.18. The summed E-state index contributed by atoms with van der Waals surface area (Å²) in [5.41, 5.74) is 2.78. The maximum Gasteiger partial charge on any atom is 0.407 e. The van der Waals surface area contributed by atoms with Crippen LogP contribution in [0, 0.1) is 11.3 Å². The molecule has 0 radical (unpaired) electrons. The molecule has 3 N–H and O–H groups in total. The molecule has 1 unspecified atom stereocenters. The van der Waals surface area contributed by atoms with Crippen LogP contribution in [0.25, 0.3) is 16.5 Å². The number of H-pyrrole nitrogens is 1. The van der Waals surface area contributed by atoms with Crippen LogP contribution in [0.5, 0.6) is 5.75 Å². The van der Waals surface area contributed by atoms with Crippen LogP contribution < -0.4 is 15.4 Å². The molecule has 3 heterocycles. The number of amides is 1. The van der Waals surface area contributed by atoms with Crippen LogP contribution >= 0.6 is 0 Å². The summed E-state index contributed by atoms with van der Waals surface area (Å²) in [5, 5.41) is 23.4. The predicted molar refractivity (Wildman–Crippen MR) is 98.7 cm³/mol. The molecule has 0 fully saturated rings. The number of alkyl carbamates (subject to hydrolysis) is 1. The van der Waals surface area contributed by atoms with Crippen LogP contribution in [0.2, 0.25) is 0 Å². The maximum absolute atomic E-state index is 11.9. The Morgan fingerprint density at radius 1 is 1.37 bits per heavy atom. The summed E-state index contributed by atoms with van der Waals surface area (Å²) in [6, 6.07) is 7.55. The van der Waals surface area contributed by atoms with E-state index in [-0.39, 0.29) is 18.8 Å². The largest absolute Gasteiger partial charge is 0.491 e. The highest BCUT2D eigenvalue weighted by molar-refractivity contribution is 5.94. The lowest BCUT2D eigenvalue weighted by atomic mass is 10.0. The third-order valence-corrected chi connectivity index (χ3v) is 4.50. The Morgan fingerprint density at radius 2 is 2.26 bits per heavy atom. The topological polar surface area (TPSA) is 112 Å². The molecule has 2 aliphatic rings. The van der Waals surface area contributed by atoms with E-state index in [4.69, 9.17) is 9.47 Å². The van der Waals surface area contributed by atoms with E-state index in [2.05, 4.69) is 26.9 Å². The maximum atomic E-state index is 11.9. The summed E-state index contributed by atoms with van der Waals surface area (Å²) >= 11 is 0. The Bertz CT molecular complexity index is 985. The van der Waals surface area contributed by atoms with Crippen LogP contribution in [-0.4, -0.2) is 41.6 Å². The molecular weight excluding hydrogens is 346 g/mol. The first-order valence-electron chi connectivity index (χ1n) is 8.78. The van der Waals surface area contributed by atoms with Crippen LogP contribution in [0.4, 0.5) is 4.79 Å². The number of fused-ring (bicyclic) bond motifs is 3. The van der Waals surface area contributed by atoms with Gasteiger partial charge in [-0.05, 0) is 37.3 Å². The Kier molecular flexibility index (Phi) is 4.42. The molecule has 0 saturated carbocycles. The molecule has 4 rings (SSSR count). The third-order valence-electron chi connectivity index (χ3n) is 4.50. The van der Waals surface area contributed by atoms with Gasteiger partial charge >= 0.3 is 6.09 Å². The lowest BCUT2D eigenvalue weighted by Crippen LogP contribution is -2.36. The zero-order valence-corrected chi connectivity index (χ0v) is 14.8. The molecule has 8 heteroatoms. The van der Waals surface area contributed by atoms with Crippen molar-refractivity contribution in [1.29, 1.82) is 5.26 Å². The molecule has 1 aromatic heterocycles. The Balaban J connectivity index is 1.78. The zero-order chi connectivity index (χ0) is 18.8. The van der Waals surface area contributed by atoms with Crippen molar-refractivity contribution in [1.82, 2.24) is 20.8 Å². The molecule has 27 heavy (non-hydrogen) atoms. The van der Waals surface area contributed by atoms with Crippen molar-refractivity contribution in [3.8, 4) is 11.8 Å². The molecular formula is C19H19N5O3. The van der Waals surface area contributed by atoms with E-state index in [9.17, 15) is 10.1 Å². The van der Waals surface area contributed by atoms with Gasteiger partial charge in [0.05, 0.1) is 23.4 Å². The van der Waals surface area contributed by atoms with Gasteiger partial charge in [0, 0.05) is 23.9 Å². The van der Waals surface area contributed by atoms with Crippen molar-refractivity contribution in [2.24, 2.45) is 0 Å². The SMILES string of the molecule is C[C@@H]1CCNC(=O)OCC2C=C(C=C(C#N)N2)c2n[nH]c3ccc(cc23)O1. The number of benzene rings is 1. The molecule has 1 aromatic carbocycles. The first-order valence-corrected chi connectivity index (χ1v) is 8.78. The molecule has 2 atom stereocenters. The smallest absolute Gasteiger partial charge is 0.407 e. The van der Waals surface area contributed by atoms with Crippen molar-refractivity contribution in [3.63, 3.8) is 0 Å². The van der Waals surface area contributed by atoms with Gasteiger partial charge in [0.1, 0.15) is 24.1 Å². The summed E-state index contributed by atoms with van der Waals surface area (Å²) in [6.07, 6.45) is 3.72. The Hall–Kier alpha value is -3.47. The number of carbonyl (C=O) groups excluding carboxylic acids is 1. The average Bonchev–Trinajstić information content (AvgIpc) is 3.08. The standard InChI is InChI=1S/C19H19N5O3/c1-11-4-5-21-19(25)26-10-14-7-12(6-13(9-20)22-14)18-16-8-15(27-11)2-3-17(16)23-24-18/h2-3,6-8,11,14,22H,4-5,10H2,1H3,(H,21,25)(H,23,24)/t11-,14?/m1/s1. The second-order valence-electron chi connectivity index (χ2n) is 6.56. The third kappa shape index (κ3) is 3.58. The van der Waals surface area contributed by atoms with E-state index in [1.807, 2.05) is 31.2 Å². The molecule has 0 saturated heterocycles. The van der Waals surface area contributed by atoms with Gasteiger partial charge in [0.2, 0.25) is 0 Å².